The normalized spacial score (nSPS) is 26.7. The molecule has 5 rings (SSSR count). The molecule has 2 aromatic carbocycles. The minimum absolute atomic E-state index is 0.0790. The molecule has 3 aliphatic rings. The van der Waals surface area contributed by atoms with Gasteiger partial charge in [0.05, 0.1) is 23.4 Å². The van der Waals surface area contributed by atoms with E-state index >= 15 is 0 Å². The summed E-state index contributed by atoms with van der Waals surface area (Å²) in [4.78, 5) is 54.2. The fourth-order valence-electron chi connectivity index (χ4n) is 5.42. The fraction of sp³-hybridized carbons (Fsp3) is 0.407. The van der Waals surface area contributed by atoms with Gasteiger partial charge >= 0.3 is 5.97 Å². The van der Waals surface area contributed by atoms with Crippen molar-refractivity contribution in [2.75, 3.05) is 11.4 Å². The highest BCUT2D eigenvalue weighted by Crippen LogP contribution is 2.42. The van der Waals surface area contributed by atoms with Gasteiger partial charge in [0, 0.05) is 25.6 Å². The number of carbonyl (C=O) groups excluding carboxylic acids is 4. The van der Waals surface area contributed by atoms with Crippen LogP contribution in [0, 0.1) is 23.7 Å². The number of amides is 3. The van der Waals surface area contributed by atoms with E-state index in [1.165, 1.54) is 4.90 Å². The van der Waals surface area contributed by atoms with Crippen molar-refractivity contribution in [2.24, 2.45) is 23.7 Å². The van der Waals surface area contributed by atoms with Gasteiger partial charge in [0.15, 0.2) is 0 Å². The molecule has 1 saturated carbocycles. The Hall–Kier alpha value is -3.48. The van der Waals surface area contributed by atoms with Crippen molar-refractivity contribution < 1.29 is 23.9 Å². The lowest BCUT2D eigenvalue weighted by Gasteiger charge is -2.25. The van der Waals surface area contributed by atoms with Crippen LogP contribution in [0.3, 0.4) is 0 Å². The first kappa shape index (κ1) is 22.3. The fourth-order valence-corrected chi connectivity index (χ4v) is 5.42. The molecule has 2 heterocycles. The predicted octanol–water partition coefficient (Wildman–Crippen LogP) is 3.57. The molecule has 2 saturated heterocycles. The van der Waals surface area contributed by atoms with Gasteiger partial charge in [-0.2, -0.15) is 0 Å². The topological polar surface area (TPSA) is 84.0 Å². The maximum absolute atomic E-state index is 13.0. The number of esters is 1. The Balaban J connectivity index is 1.25. The minimum Gasteiger partial charge on any atom is -0.426 e. The third-order valence-electron chi connectivity index (χ3n) is 7.25. The molecule has 0 unspecified atom stereocenters. The summed E-state index contributed by atoms with van der Waals surface area (Å²) in [6.07, 6.45) is 2.52. The quantitative estimate of drug-likeness (QED) is 0.387. The maximum atomic E-state index is 13.0. The third kappa shape index (κ3) is 4.22. The first-order valence-electron chi connectivity index (χ1n) is 11.9. The Bertz CT molecular complexity index is 1130. The SMILES string of the molecule is C[C@@H]1CC[C@@H]2C(=O)N(c3cccc(OC(=O)[C@H]4CC(=O)N(Cc5ccccc5)C4)c3)C(=O)[C@@H]2C1. The van der Waals surface area contributed by atoms with Crippen molar-refractivity contribution in [1.29, 1.82) is 0 Å². The summed E-state index contributed by atoms with van der Waals surface area (Å²) in [6, 6.07) is 16.2. The number of fused-ring (bicyclic) bond motifs is 1. The monoisotopic (exact) mass is 460 g/mol. The Morgan fingerprint density at radius 3 is 2.53 bits per heavy atom. The van der Waals surface area contributed by atoms with Crippen LogP contribution in [0.5, 0.6) is 5.75 Å². The Morgan fingerprint density at radius 2 is 1.74 bits per heavy atom. The second-order valence-corrected chi connectivity index (χ2v) is 9.72. The zero-order valence-electron chi connectivity index (χ0n) is 19.2. The van der Waals surface area contributed by atoms with Crippen LogP contribution in [0.4, 0.5) is 5.69 Å². The first-order valence-corrected chi connectivity index (χ1v) is 11.9. The number of imide groups is 1. The molecule has 0 spiro atoms. The summed E-state index contributed by atoms with van der Waals surface area (Å²) in [5, 5.41) is 0. The van der Waals surface area contributed by atoms with Crippen LogP contribution in [0.1, 0.15) is 38.2 Å². The summed E-state index contributed by atoms with van der Waals surface area (Å²) in [5.74, 6) is -1.27. The summed E-state index contributed by atoms with van der Waals surface area (Å²) in [5.41, 5.74) is 1.43. The van der Waals surface area contributed by atoms with Gasteiger partial charge in [-0.25, -0.2) is 4.90 Å². The Kier molecular flexibility index (Phi) is 5.94. The minimum atomic E-state index is -0.556. The molecule has 3 fully saturated rings. The second-order valence-electron chi connectivity index (χ2n) is 9.72. The molecule has 2 aromatic rings. The van der Waals surface area contributed by atoms with Gasteiger partial charge < -0.3 is 9.64 Å². The van der Waals surface area contributed by atoms with E-state index in [9.17, 15) is 19.2 Å². The molecule has 0 radical (unpaired) electrons. The molecule has 176 valence electrons. The standard InChI is InChI=1S/C27H28N2O5/c1-17-10-11-22-23(12-17)26(32)29(25(22)31)20-8-5-9-21(14-20)34-27(33)19-13-24(30)28(16-19)15-18-6-3-2-4-7-18/h2-9,14,17,19,22-23H,10-13,15-16H2,1H3/t17-,19+,22+,23-/m1/s1. The number of benzene rings is 2. The molecule has 7 nitrogen and oxygen atoms in total. The molecule has 34 heavy (non-hydrogen) atoms. The van der Waals surface area contributed by atoms with Crippen LogP contribution in [0.2, 0.25) is 0 Å². The van der Waals surface area contributed by atoms with E-state index in [2.05, 4.69) is 6.92 Å². The maximum Gasteiger partial charge on any atom is 0.316 e. The molecule has 0 aromatic heterocycles. The Morgan fingerprint density at radius 1 is 0.971 bits per heavy atom. The smallest absolute Gasteiger partial charge is 0.316 e. The lowest BCUT2D eigenvalue weighted by Crippen LogP contribution is -2.31. The van der Waals surface area contributed by atoms with Crippen molar-refractivity contribution in [3.05, 3.63) is 60.2 Å². The highest BCUT2D eigenvalue weighted by molar-refractivity contribution is 6.22. The van der Waals surface area contributed by atoms with E-state index in [4.69, 9.17) is 4.74 Å². The molecule has 3 amide bonds. The van der Waals surface area contributed by atoms with E-state index in [0.29, 0.717) is 24.7 Å². The number of hydrogen-bond donors (Lipinski definition) is 0. The van der Waals surface area contributed by atoms with Crippen LogP contribution in [0.15, 0.2) is 54.6 Å². The van der Waals surface area contributed by atoms with Gasteiger partial charge in [0.1, 0.15) is 5.75 Å². The summed E-state index contributed by atoms with van der Waals surface area (Å²) in [7, 11) is 0. The molecule has 2 aliphatic heterocycles. The number of nitrogens with zero attached hydrogens (tertiary/aromatic N) is 2. The molecular weight excluding hydrogens is 432 g/mol. The average molecular weight is 461 g/mol. The van der Waals surface area contributed by atoms with Crippen LogP contribution in [-0.4, -0.2) is 35.1 Å². The molecule has 4 atom stereocenters. The van der Waals surface area contributed by atoms with E-state index in [0.717, 1.165) is 24.8 Å². The summed E-state index contributed by atoms with van der Waals surface area (Å²) < 4.78 is 5.58. The van der Waals surface area contributed by atoms with E-state index in [1.807, 2.05) is 30.3 Å². The molecular formula is C27H28N2O5. The molecule has 0 bridgehead atoms. The Labute approximate surface area is 198 Å². The average Bonchev–Trinajstić information content (AvgIpc) is 3.31. The van der Waals surface area contributed by atoms with Gasteiger partial charge in [-0.05, 0) is 42.9 Å². The van der Waals surface area contributed by atoms with Crippen molar-refractivity contribution in [3.63, 3.8) is 0 Å². The summed E-state index contributed by atoms with van der Waals surface area (Å²) in [6.45, 7) is 2.88. The van der Waals surface area contributed by atoms with Crippen LogP contribution in [0.25, 0.3) is 0 Å². The number of rotatable bonds is 5. The van der Waals surface area contributed by atoms with Crippen molar-refractivity contribution in [3.8, 4) is 5.75 Å². The summed E-state index contributed by atoms with van der Waals surface area (Å²) >= 11 is 0. The van der Waals surface area contributed by atoms with E-state index < -0.39 is 11.9 Å². The zero-order valence-corrected chi connectivity index (χ0v) is 19.2. The molecule has 0 N–H and O–H groups in total. The lowest BCUT2D eigenvalue weighted by atomic mass is 9.76. The third-order valence-corrected chi connectivity index (χ3v) is 7.25. The van der Waals surface area contributed by atoms with Crippen molar-refractivity contribution in [2.45, 2.75) is 39.2 Å². The molecule has 7 heteroatoms. The number of likely N-dealkylation sites (tertiary alicyclic amines) is 1. The molecule has 1 aliphatic carbocycles. The van der Waals surface area contributed by atoms with Crippen molar-refractivity contribution in [1.82, 2.24) is 4.90 Å². The first-order chi connectivity index (χ1) is 16.4. The van der Waals surface area contributed by atoms with Gasteiger partial charge in [0.25, 0.3) is 0 Å². The number of anilines is 1. The highest BCUT2D eigenvalue weighted by atomic mass is 16.5. The predicted molar refractivity (Wildman–Crippen MR) is 125 cm³/mol. The van der Waals surface area contributed by atoms with Crippen LogP contribution < -0.4 is 9.64 Å². The van der Waals surface area contributed by atoms with Gasteiger partial charge in [0.2, 0.25) is 17.7 Å². The van der Waals surface area contributed by atoms with Gasteiger partial charge in [-0.15, -0.1) is 0 Å². The van der Waals surface area contributed by atoms with Crippen LogP contribution in [-0.2, 0) is 25.7 Å². The number of ether oxygens (including phenoxy) is 1. The second kappa shape index (κ2) is 9.05. The van der Waals surface area contributed by atoms with Gasteiger partial charge in [-0.1, -0.05) is 43.3 Å². The largest absolute Gasteiger partial charge is 0.426 e. The van der Waals surface area contributed by atoms with Gasteiger partial charge in [-0.3, -0.25) is 19.2 Å². The van der Waals surface area contributed by atoms with E-state index in [1.54, 1.807) is 29.2 Å². The van der Waals surface area contributed by atoms with Crippen LogP contribution >= 0.6 is 0 Å². The van der Waals surface area contributed by atoms with Crippen molar-refractivity contribution >= 4 is 29.4 Å². The highest BCUT2D eigenvalue weighted by Gasteiger charge is 2.50. The van der Waals surface area contributed by atoms with E-state index in [-0.39, 0.29) is 41.7 Å². The number of hydrogen-bond acceptors (Lipinski definition) is 5. The zero-order chi connectivity index (χ0) is 23.8. The number of carbonyl (C=O) groups is 4. The lowest BCUT2D eigenvalue weighted by molar-refractivity contribution is -0.139.